The van der Waals surface area contributed by atoms with Crippen molar-refractivity contribution in [2.75, 3.05) is 11.9 Å². The fraction of sp³-hybridized carbons (Fsp3) is 0.500. The fourth-order valence-corrected chi connectivity index (χ4v) is 2.47. The first-order chi connectivity index (χ1) is 9.52. The fourth-order valence-electron chi connectivity index (χ4n) is 2.47. The smallest absolute Gasteiger partial charge is 0.284 e. The number of nitrogens with one attached hydrogen (secondary N) is 1. The lowest BCUT2D eigenvalue weighted by molar-refractivity contribution is 0.0207. The molecule has 0 bridgehead atoms. The summed E-state index contributed by atoms with van der Waals surface area (Å²) in [5.74, 6) is -0.392. The number of carbonyl (C=O) groups is 1. The second kappa shape index (κ2) is 4.35. The van der Waals surface area contributed by atoms with Crippen LogP contribution >= 0.6 is 0 Å². The summed E-state index contributed by atoms with van der Waals surface area (Å²) in [7, 11) is 0. The van der Waals surface area contributed by atoms with E-state index in [1.807, 2.05) is 0 Å². The van der Waals surface area contributed by atoms with E-state index in [-0.39, 0.29) is 11.7 Å². The molecule has 0 aliphatic carbocycles. The minimum Gasteiger partial charge on any atom is -0.455 e. The summed E-state index contributed by atoms with van der Waals surface area (Å²) in [4.78, 5) is 19.4. The number of carbonyl (C=O) groups excluding carboxylic acids is 1. The van der Waals surface area contributed by atoms with E-state index in [4.69, 9.17) is 21.3 Å². The Labute approximate surface area is 113 Å². The number of primary amides is 1. The molecule has 2 aliphatic heterocycles. The topological polar surface area (TPSA) is 161 Å². The van der Waals surface area contributed by atoms with Gasteiger partial charge in [0.2, 0.25) is 0 Å². The molecule has 1 aromatic rings. The Balaban J connectivity index is 2.06. The Morgan fingerprint density at radius 2 is 2.40 bits per heavy atom. The first-order valence-electron chi connectivity index (χ1n) is 5.95. The van der Waals surface area contributed by atoms with Crippen LogP contribution in [-0.2, 0) is 4.74 Å². The summed E-state index contributed by atoms with van der Waals surface area (Å²) in [5, 5.41) is 21.9. The summed E-state index contributed by atoms with van der Waals surface area (Å²) >= 11 is 0. The minimum atomic E-state index is -1.12. The Kier molecular flexibility index (Phi) is 2.76. The van der Waals surface area contributed by atoms with Crippen molar-refractivity contribution in [1.29, 1.82) is 0 Å². The van der Waals surface area contributed by atoms with Gasteiger partial charge in [0.05, 0.1) is 19.0 Å². The normalized spacial score (nSPS) is 28.7. The molecule has 3 rings (SSSR count). The number of rotatable bonds is 3. The van der Waals surface area contributed by atoms with Crippen LogP contribution < -0.4 is 16.8 Å². The van der Waals surface area contributed by atoms with Gasteiger partial charge in [-0.2, -0.15) is 0 Å². The maximum absolute atomic E-state index is 11.3. The van der Waals surface area contributed by atoms with E-state index < -0.39 is 36.9 Å². The lowest BCUT2D eigenvalue weighted by Crippen LogP contribution is -2.52. The first-order valence-corrected chi connectivity index (χ1v) is 5.95. The lowest BCUT2D eigenvalue weighted by Gasteiger charge is -2.36. The van der Waals surface area contributed by atoms with Gasteiger partial charge in [-0.25, -0.2) is 9.98 Å². The van der Waals surface area contributed by atoms with Gasteiger partial charge in [-0.15, -0.1) is 0 Å². The standard InChI is InChI=1S/C10H14N6O4/c11-7(19)5-8-14-4(3(18)1-17)6-9(15-10(12)20-6)16(8)2-13-5/h2-4,6,9,14,17-18H,1H2,(H2,11,19)(H2,12,15)/t3?,4?,6-,9+/m1/s1. The number of aliphatic imine (C=N–C) groups is 1. The van der Waals surface area contributed by atoms with Gasteiger partial charge < -0.3 is 31.7 Å². The Bertz CT molecular complexity index is 584. The molecule has 3 heterocycles. The van der Waals surface area contributed by atoms with Crippen LogP contribution in [0.3, 0.4) is 0 Å². The van der Waals surface area contributed by atoms with Crippen LogP contribution in [0, 0.1) is 0 Å². The van der Waals surface area contributed by atoms with Gasteiger partial charge in [0.15, 0.2) is 18.0 Å². The zero-order valence-electron chi connectivity index (χ0n) is 10.3. The molecule has 0 radical (unpaired) electrons. The van der Waals surface area contributed by atoms with Crippen molar-refractivity contribution in [2.24, 2.45) is 16.5 Å². The van der Waals surface area contributed by atoms with E-state index in [1.54, 1.807) is 4.57 Å². The average molecular weight is 282 g/mol. The number of aliphatic hydroxyl groups excluding tert-OH is 2. The Hall–Kier alpha value is -2.33. The molecule has 0 fully saturated rings. The average Bonchev–Trinajstić information content (AvgIpc) is 2.98. The number of anilines is 1. The van der Waals surface area contributed by atoms with Crippen molar-refractivity contribution < 1.29 is 19.7 Å². The van der Waals surface area contributed by atoms with E-state index in [2.05, 4.69) is 15.3 Å². The van der Waals surface area contributed by atoms with Gasteiger partial charge in [0.1, 0.15) is 11.9 Å². The molecule has 0 spiro atoms. The van der Waals surface area contributed by atoms with Crippen molar-refractivity contribution in [3.63, 3.8) is 0 Å². The van der Waals surface area contributed by atoms with Crippen molar-refractivity contribution >= 4 is 17.7 Å². The van der Waals surface area contributed by atoms with Crippen LogP contribution in [0.2, 0.25) is 0 Å². The molecule has 0 aromatic carbocycles. The molecule has 108 valence electrons. The summed E-state index contributed by atoms with van der Waals surface area (Å²) < 4.78 is 6.92. The third kappa shape index (κ3) is 1.69. The van der Waals surface area contributed by atoms with Crippen molar-refractivity contribution in [3.05, 3.63) is 12.0 Å². The number of hydrogen-bond acceptors (Lipinski definition) is 8. The van der Waals surface area contributed by atoms with Crippen molar-refractivity contribution in [3.8, 4) is 0 Å². The van der Waals surface area contributed by atoms with Gasteiger partial charge in [-0.1, -0.05) is 0 Å². The van der Waals surface area contributed by atoms with Gasteiger partial charge in [0, 0.05) is 0 Å². The first kappa shape index (κ1) is 12.7. The summed E-state index contributed by atoms with van der Waals surface area (Å²) in [6.07, 6.45) is -0.904. The van der Waals surface area contributed by atoms with E-state index in [0.29, 0.717) is 5.82 Å². The van der Waals surface area contributed by atoms with Crippen LogP contribution in [0.15, 0.2) is 11.3 Å². The number of aromatic nitrogens is 2. The van der Waals surface area contributed by atoms with Crippen molar-refractivity contribution in [2.45, 2.75) is 24.4 Å². The van der Waals surface area contributed by atoms with E-state index in [0.717, 1.165) is 0 Å². The van der Waals surface area contributed by atoms with E-state index >= 15 is 0 Å². The number of fused-ring (bicyclic) bond motifs is 3. The molecule has 10 heteroatoms. The quantitative estimate of drug-likeness (QED) is 0.404. The summed E-state index contributed by atoms with van der Waals surface area (Å²) in [6.45, 7) is -0.482. The number of imidazole rings is 1. The number of nitrogens with two attached hydrogens (primary N) is 2. The lowest BCUT2D eigenvalue weighted by atomic mass is 10.0. The molecule has 10 nitrogen and oxygen atoms in total. The van der Waals surface area contributed by atoms with Gasteiger partial charge in [-0.3, -0.25) is 9.36 Å². The predicted octanol–water partition coefficient (Wildman–Crippen LogP) is -2.66. The number of hydrogen-bond donors (Lipinski definition) is 5. The SMILES string of the molecule is NC(=O)c1ncn2c1NC(C(O)CO)[C@H]1OC(N)=N[C@H]12. The molecule has 4 atom stereocenters. The second-order valence-corrected chi connectivity index (χ2v) is 4.60. The third-order valence-electron chi connectivity index (χ3n) is 3.38. The zero-order chi connectivity index (χ0) is 14.4. The second-order valence-electron chi connectivity index (χ2n) is 4.60. The molecule has 0 saturated heterocycles. The van der Waals surface area contributed by atoms with Crippen molar-refractivity contribution in [1.82, 2.24) is 9.55 Å². The summed E-state index contributed by atoms with van der Waals surface area (Å²) in [6, 6.07) is -0.726. The number of amides is 1. The van der Waals surface area contributed by atoms with E-state index in [1.165, 1.54) is 6.33 Å². The molecular weight excluding hydrogens is 268 g/mol. The Morgan fingerprint density at radius 3 is 3.05 bits per heavy atom. The van der Waals surface area contributed by atoms with Crippen LogP contribution in [0.1, 0.15) is 16.7 Å². The molecule has 1 amide bonds. The third-order valence-corrected chi connectivity index (χ3v) is 3.38. The monoisotopic (exact) mass is 282 g/mol. The maximum Gasteiger partial charge on any atom is 0.284 e. The molecule has 0 saturated carbocycles. The number of aliphatic hydroxyl groups is 2. The number of nitrogens with zero attached hydrogens (tertiary/aromatic N) is 3. The molecule has 2 aliphatic rings. The van der Waals surface area contributed by atoms with Crippen LogP contribution in [0.25, 0.3) is 0 Å². The van der Waals surface area contributed by atoms with E-state index in [9.17, 15) is 9.90 Å². The zero-order valence-corrected chi connectivity index (χ0v) is 10.3. The summed E-state index contributed by atoms with van der Waals surface area (Å²) in [5.41, 5.74) is 10.8. The molecule has 2 unspecified atom stereocenters. The molecule has 7 N–H and O–H groups in total. The maximum atomic E-state index is 11.3. The van der Waals surface area contributed by atoms with Crippen LogP contribution in [0.5, 0.6) is 0 Å². The largest absolute Gasteiger partial charge is 0.455 e. The number of amidine groups is 1. The minimum absolute atomic E-state index is 0.0271. The Morgan fingerprint density at radius 1 is 1.65 bits per heavy atom. The van der Waals surface area contributed by atoms with Crippen LogP contribution in [-0.4, -0.2) is 56.5 Å². The highest BCUT2D eigenvalue weighted by Crippen LogP contribution is 2.36. The van der Waals surface area contributed by atoms with Gasteiger partial charge in [-0.05, 0) is 0 Å². The molecule has 1 aromatic heterocycles. The molecular formula is C10H14N6O4. The predicted molar refractivity (Wildman–Crippen MR) is 66.8 cm³/mol. The number of ether oxygens (including phenoxy) is 1. The van der Waals surface area contributed by atoms with Crippen LogP contribution in [0.4, 0.5) is 5.82 Å². The molecule has 20 heavy (non-hydrogen) atoms. The van der Waals surface area contributed by atoms with Gasteiger partial charge in [0.25, 0.3) is 11.9 Å². The highest BCUT2D eigenvalue weighted by atomic mass is 16.5. The highest BCUT2D eigenvalue weighted by molar-refractivity contribution is 5.96. The highest BCUT2D eigenvalue weighted by Gasteiger charge is 2.46. The van der Waals surface area contributed by atoms with Gasteiger partial charge >= 0.3 is 0 Å².